The van der Waals surface area contributed by atoms with Crippen molar-refractivity contribution in [3.63, 3.8) is 0 Å². The molecule has 32 heavy (non-hydrogen) atoms. The predicted octanol–water partition coefficient (Wildman–Crippen LogP) is 7.65. The number of aliphatic hydroxyl groups is 1. The highest BCUT2D eigenvalue weighted by Crippen LogP contribution is 2.22. The fraction of sp³-hybridized carbons (Fsp3) is 0.643. The number of hydrogen-bond acceptors (Lipinski definition) is 3. The summed E-state index contributed by atoms with van der Waals surface area (Å²) < 4.78 is 25.9. The fourth-order valence-corrected chi connectivity index (χ4v) is 5.51. The van der Waals surface area contributed by atoms with E-state index in [0.29, 0.717) is 12.8 Å². The van der Waals surface area contributed by atoms with Crippen molar-refractivity contribution < 1.29 is 13.5 Å². The molecule has 0 fully saturated rings. The van der Waals surface area contributed by atoms with E-state index in [9.17, 15) is 8.42 Å². The van der Waals surface area contributed by atoms with Crippen molar-refractivity contribution in [2.75, 3.05) is 12.4 Å². The summed E-state index contributed by atoms with van der Waals surface area (Å²) in [4.78, 5) is 0. The molecule has 0 saturated carbocycles. The second-order valence-corrected chi connectivity index (χ2v) is 11.6. The van der Waals surface area contributed by atoms with Crippen molar-refractivity contribution >= 4 is 9.84 Å². The number of rotatable bonds is 16. The van der Waals surface area contributed by atoms with Gasteiger partial charge in [-0.2, -0.15) is 0 Å². The first kappa shape index (κ1) is 30.6. The minimum Gasteiger partial charge on any atom is -0.392 e. The third-order valence-electron chi connectivity index (χ3n) is 5.68. The van der Waals surface area contributed by atoms with Gasteiger partial charge in [0.2, 0.25) is 0 Å². The topological polar surface area (TPSA) is 54.4 Å². The molecule has 0 aliphatic heterocycles. The van der Waals surface area contributed by atoms with Crippen LogP contribution in [0.15, 0.2) is 58.2 Å². The smallest absolute Gasteiger partial charge is 0.157 e. The minimum atomic E-state index is -3.15. The van der Waals surface area contributed by atoms with Gasteiger partial charge in [-0.15, -0.1) is 0 Å². The molecule has 0 amide bonds. The maximum absolute atomic E-state index is 12.9. The van der Waals surface area contributed by atoms with E-state index in [-0.39, 0.29) is 12.4 Å². The molecule has 0 spiro atoms. The van der Waals surface area contributed by atoms with Crippen molar-refractivity contribution in [2.45, 2.75) is 105 Å². The van der Waals surface area contributed by atoms with E-state index in [1.54, 1.807) is 0 Å². The van der Waals surface area contributed by atoms with Crippen LogP contribution in [0.1, 0.15) is 99.8 Å². The van der Waals surface area contributed by atoms with Crippen molar-refractivity contribution in [3.8, 4) is 0 Å². The van der Waals surface area contributed by atoms with Gasteiger partial charge in [-0.05, 0) is 92.9 Å². The van der Waals surface area contributed by atoms with Crippen LogP contribution in [0.2, 0.25) is 0 Å². The molecule has 1 atom stereocenters. The van der Waals surface area contributed by atoms with Crippen LogP contribution >= 0.6 is 0 Å². The Morgan fingerprint density at radius 3 is 1.78 bits per heavy atom. The predicted molar refractivity (Wildman–Crippen MR) is 142 cm³/mol. The van der Waals surface area contributed by atoms with Gasteiger partial charge in [-0.25, -0.2) is 8.42 Å². The summed E-state index contributed by atoms with van der Waals surface area (Å²) in [5.41, 5.74) is 6.09. The zero-order valence-electron chi connectivity index (χ0n) is 21.7. The lowest BCUT2D eigenvalue weighted by Gasteiger charge is -2.17. The van der Waals surface area contributed by atoms with Gasteiger partial charge >= 0.3 is 0 Å². The van der Waals surface area contributed by atoms with Crippen LogP contribution in [-0.4, -0.2) is 31.1 Å². The maximum atomic E-state index is 12.9. The van der Waals surface area contributed by atoms with Gasteiger partial charge in [0.15, 0.2) is 9.84 Å². The van der Waals surface area contributed by atoms with E-state index < -0.39 is 15.1 Å². The standard InChI is InChI=1S/C28H48O3S/c1-8-22-32(30,31)28(19-18-25(5)13-9-12-23(2)3)27(7)17-11-16-24(4)14-10-15-26(6)20-21-29/h12,14,17-18,20,28-29H,8-11,13,15-16,19,21-22H2,1-7H3/b24-14?,25-18+,26-20?,27-17?. The van der Waals surface area contributed by atoms with Gasteiger partial charge in [0, 0.05) is 0 Å². The summed E-state index contributed by atoms with van der Waals surface area (Å²) >= 11 is 0. The van der Waals surface area contributed by atoms with Gasteiger partial charge in [-0.3, -0.25) is 0 Å². The Balaban J connectivity index is 5.10. The van der Waals surface area contributed by atoms with E-state index in [2.05, 4.69) is 52.0 Å². The first-order chi connectivity index (χ1) is 15.0. The molecule has 1 N–H and O–H groups in total. The third-order valence-corrected chi connectivity index (χ3v) is 8.09. The van der Waals surface area contributed by atoms with Crippen LogP contribution in [0.4, 0.5) is 0 Å². The summed E-state index contributed by atoms with van der Waals surface area (Å²) in [6, 6.07) is 0. The summed E-state index contributed by atoms with van der Waals surface area (Å²) in [6.45, 7) is 14.5. The lowest BCUT2D eigenvalue weighted by Crippen LogP contribution is -2.25. The highest BCUT2D eigenvalue weighted by atomic mass is 32.2. The van der Waals surface area contributed by atoms with Crippen LogP contribution in [0.25, 0.3) is 0 Å². The third kappa shape index (κ3) is 14.6. The molecule has 0 aliphatic carbocycles. The Morgan fingerprint density at radius 1 is 0.750 bits per heavy atom. The number of aliphatic hydroxyl groups excluding tert-OH is 1. The average molecular weight is 465 g/mol. The average Bonchev–Trinajstić information content (AvgIpc) is 2.67. The van der Waals surface area contributed by atoms with Crippen LogP contribution < -0.4 is 0 Å². The molecule has 0 rings (SSSR count). The quantitative estimate of drug-likeness (QED) is 0.239. The Bertz CT molecular complexity index is 789. The lowest BCUT2D eigenvalue weighted by atomic mass is 10.0. The number of hydrogen-bond donors (Lipinski definition) is 1. The summed E-state index contributed by atoms with van der Waals surface area (Å²) in [5.74, 6) is 0.243. The van der Waals surface area contributed by atoms with Crippen LogP contribution in [0.3, 0.4) is 0 Å². The lowest BCUT2D eigenvalue weighted by molar-refractivity contribution is 0.341. The molecule has 0 heterocycles. The van der Waals surface area contributed by atoms with Crippen LogP contribution in [0.5, 0.6) is 0 Å². The second kappa shape index (κ2) is 17.1. The van der Waals surface area contributed by atoms with E-state index >= 15 is 0 Å². The molecule has 184 valence electrons. The molecule has 0 saturated heterocycles. The first-order valence-corrected chi connectivity index (χ1v) is 13.8. The van der Waals surface area contributed by atoms with Gasteiger partial charge in [0.05, 0.1) is 17.6 Å². The molecule has 0 aromatic rings. The monoisotopic (exact) mass is 464 g/mol. The highest BCUT2D eigenvalue weighted by molar-refractivity contribution is 7.92. The zero-order valence-corrected chi connectivity index (χ0v) is 22.5. The van der Waals surface area contributed by atoms with Gasteiger partial charge in [-0.1, -0.05) is 65.2 Å². The normalized spacial score (nSPS) is 15.1. The van der Waals surface area contributed by atoms with Crippen LogP contribution in [0, 0.1) is 0 Å². The summed E-state index contributed by atoms with van der Waals surface area (Å²) in [6.07, 6.45) is 17.5. The van der Waals surface area contributed by atoms with Crippen molar-refractivity contribution in [3.05, 3.63) is 58.2 Å². The first-order valence-electron chi connectivity index (χ1n) is 12.1. The van der Waals surface area contributed by atoms with E-state index in [1.807, 2.05) is 26.8 Å². The number of allylic oxidation sites excluding steroid dienone is 8. The molecular formula is C28H48O3S. The minimum absolute atomic E-state index is 0.102. The van der Waals surface area contributed by atoms with E-state index in [4.69, 9.17) is 5.11 Å². The Labute approximate surface area is 199 Å². The Kier molecular flexibility index (Phi) is 16.4. The molecule has 0 aromatic heterocycles. The molecule has 1 unspecified atom stereocenters. The molecule has 0 aromatic carbocycles. The molecule has 4 heteroatoms. The highest BCUT2D eigenvalue weighted by Gasteiger charge is 2.25. The van der Waals surface area contributed by atoms with Gasteiger partial charge in [0.25, 0.3) is 0 Å². The summed E-state index contributed by atoms with van der Waals surface area (Å²) in [7, 11) is -3.15. The SMILES string of the molecule is CCCS(=O)(=O)C(C/C=C(\C)CCC=C(C)C)C(C)=CCCC(C)=CCCC(C)=CCO. The zero-order chi connectivity index (χ0) is 24.6. The van der Waals surface area contributed by atoms with Crippen molar-refractivity contribution in [1.29, 1.82) is 0 Å². The van der Waals surface area contributed by atoms with Gasteiger partial charge in [0.1, 0.15) is 0 Å². The number of sulfone groups is 1. The Hall–Kier alpha value is -1.39. The van der Waals surface area contributed by atoms with E-state index in [1.165, 1.54) is 22.3 Å². The van der Waals surface area contributed by atoms with E-state index in [0.717, 1.165) is 44.1 Å². The maximum Gasteiger partial charge on any atom is 0.157 e. The van der Waals surface area contributed by atoms with Gasteiger partial charge < -0.3 is 5.11 Å². The molecule has 0 aliphatic rings. The van der Waals surface area contributed by atoms with Crippen LogP contribution in [-0.2, 0) is 9.84 Å². The largest absolute Gasteiger partial charge is 0.392 e. The van der Waals surface area contributed by atoms with Crippen molar-refractivity contribution in [2.24, 2.45) is 0 Å². The second-order valence-electron chi connectivity index (χ2n) is 9.27. The molecular weight excluding hydrogens is 416 g/mol. The molecule has 3 nitrogen and oxygen atoms in total. The molecule has 0 bridgehead atoms. The van der Waals surface area contributed by atoms with Crippen molar-refractivity contribution in [1.82, 2.24) is 0 Å². The Morgan fingerprint density at radius 2 is 1.25 bits per heavy atom. The fourth-order valence-electron chi connectivity index (χ4n) is 3.61. The summed E-state index contributed by atoms with van der Waals surface area (Å²) in [5, 5.41) is 8.51. The molecule has 0 radical (unpaired) electrons.